The Kier molecular flexibility index (Phi) is 6.15. The summed E-state index contributed by atoms with van der Waals surface area (Å²) in [6.07, 6.45) is 0. The Bertz CT molecular complexity index is 943. The second-order valence-corrected chi connectivity index (χ2v) is 8.33. The molecule has 0 N–H and O–H groups in total. The first-order valence-corrected chi connectivity index (χ1v) is 9.88. The van der Waals surface area contributed by atoms with Gasteiger partial charge in [0.1, 0.15) is 12.3 Å². The molecular formula is C20H25NO5S. The molecular weight excluding hydrogens is 366 g/mol. The van der Waals surface area contributed by atoms with E-state index in [1.165, 1.54) is 26.4 Å². The third-order valence-corrected chi connectivity index (χ3v) is 6.08. The molecule has 0 spiro atoms. The van der Waals surface area contributed by atoms with E-state index < -0.39 is 22.5 Å². The predicted octanol–water partition coefficient (Wildman–Crippen LogP) is 3.30. The summed E-state index contributed by atoms with van der Waals surface area (Å²) in [4.78, 5) is 12.1. The lowest BCUT2D eigenvalue weighted by Crippen LogP contribution is -2.37. The Morgan fingerprint density at radius 1 is 0.963 bits per heavy atom. The minimum absolute atomic E-state index is 0.0871. The molecule has 146 valence electrons. The van der Waals surface area contributed by atoms with Crippen LogP contribution in [0.1, 0.15) is 22.3 Å². The normalized spacial score (nSPS) is 11.2. The maximum atomic E-state index is 13.4. The van der Waals surface area contributed by atoms with Crippen molar-refractivity contribution in [3.63, 3.8) is 0 Å². The van der Waals surface area contributed by atoms with Crippen LogP contribution in [0.25, 0.3) is 0 Å². The number of aryl methyl sites for hydroxylation is 4. The van der Waals surface area contributed by atoms with Gasteiger partial charge >= 0.3 is 5.97 Å². The number of carbonyl (C=O) groups is 1. The van der Waals surface area contributed by atoms with E-state index in [4.69, 9.17) is 9.47 Å². The van der Waals surface area contributed by atoms with Crippen LogP contribution in [0.5, 0.6) is 5.75 Å². The Balaban J connectivity index is 2.67. The number of ether oxygens (including phenoxy) is 2. The zero-order chi connectivity index (χ0) is 20.4. The van der Waals surface area contributed by atoms with Crippen molar-refractivity contribution in [3.05, 3.63) is 52.6 Å². The third kappa shape index (κ3) is 4.24. The molecule has 0 radical (unpaired) electrons. The van der Waals surface area contributed by atoms with Gasteiger partial charge in [0.25, 0.3) is 10.0 Å². The van der Waals surface area contributed by atoms with Crippen LogP contribution >= 0.6 is 0 Å². The molecule has 0 saturated carbocycles. The molecule has 0 atom stereocenters. The number of hydrogen-bond acceptors (Lipinski definition) is 5. The first-order valence-electron chi connectivity index (χ1n) is 8.44. The second kappa shape index (κ2) is 8.00. The van der Waals surface area contributed by atoms with Crippen LogP contribution in [0.3, 0.4) is 0 Å². The van der Waals surface area contributed by atoms with Crippen molar-refractivity contribution >= 4 is 21.7 Å². The van der Waals surface area contributed by atoms with Crippen molar-refractivity contribution in [3.8, 4) is 5.75 Å². The summed E-state index contributed by atoms with van der Waals surface area (Å²) < 4.78 is 37.9. The SMILES string of the molecule is COC(=O)CN(c1c(C)cc(C)cc1C)S(=O)(=O)c1ccc(OC)c(C)c1. The van der Waals surface area contributed by atoms with Crippen LogP contribution in [0, 0.1) is 27.7 Å². The van der Waals surface area contributed by atoms with Gasteiger partial charge in [0.2, 0.25) is 0 Å². The molecule has 2 aromatic carbocycles. The molecule has 0 saturated heterocycles. The highest BCUT2D eigenvalue weighted by molar-refractivity contribution is 7.92. The topological polar surface area (TPSA) is 72.9 Å². The number of rotatable bonds is 6. The van der Waals surface area contributed by atoms with Crippen molar-refractivity contribution < 1.29 is 22.7 Å². The highest BCUT2D eigenvalue weighted by Crippen LogP contribution is 2.32. The fourth-order valence-corrected chi connectivity index (χ4v) is 4.79. The molecule has 0 aliphatic heterocycles. The smallest absolute Gasteiger partial charge is 0.326 e. The minimum atomic E-state index is -3.99. The van der Waals surface area contributed by atoms with Gasteiger partial charge in [0.15, 0.2) is 0 Å². The second-order valence-electron chi connectivity index (χ2n) is 6.47. The molecule has 0 heterocycles. The molecule has 0 unspecified atom stereocenters. The van der Waals surface area contributed by atoms with Crippen LogP contribution in [-0.4, -0.2) is 35.2 Å². The number of nitrogens with zero attached hydrogens (tertiary/aromatic N) is 1. The average molecular weight is 391 g/mol. The van der Waals surface area contributed by atoms with Gasteiger partial charge in [0, 0.05) is 0 Å². The van der Waals surface area contributed by atoms with Crippen LogP contribution in [0.2, 0.25) is 0 Å². The third-order valence-electron chi connectivity index (χ3n) is 4.34. The van der Waals surface area contributed by atoms with E-state index in [1.54, 1.807) is 13.0 Å². The molecule has 0 bridgehead atoms. The highest BCUT2D eigenvalue weighted by atomic mass is 32.2. The fraction of sp³-hybridized carbons (Fsp3) is 0.350. The summed E-state index contributed by atoms with van der Waals surface area (Å²) >= 11 is 0. The van der Waals surface area contributed by atoms with Gasteiger partial charge in [-0.2, -0.15) is 0 Å². The fourth-order valence-electron chi connectivity index (χ4n) is 3.17. The lowest BCUT2D eigenvalue weighted by molar-refractivity contribution is -0.138. The van der Waals surface area contributed by atoms with E-state index >= 15 is 0 Å². The Morgan fingerprint density at radius 2 is 1.56 bits per heavy atom. The van der Waals surface area contributed by atoms with E-state index in [9.17, 15) is 13.2 Å². The Morgan fingerprint density at radius 3 is 2.04 bits per heavy atom. The van der Waals surface area contributed by atoms with Gasteiger partial charge in [-0.15, -0.1) is 0 Å². The number of carbonyl (C=O) groups excluding carboxylic acids is 1. The summed E-state index contributed by atoms with van der Waals surface area (Å²) in [5.41, 5.74) is 3.73. The molecule has 0 fully saturated rings. The van der Waals surface area contributed by atoms with Crippen molar-refractivity contribution in [2.45, 2.75) is 32.6 Å². The number of methoxy groups -OCH3 is 2. The van der Waals surface area contributed by atoms with E-state index in [0.717, 1.165) is 21.0 Å². The van der Waals surface area contributed by atoms with Gasteiger partial charge in [-0.1, -0.05) is 17.7 Å². The maximum absolute atomic E-state index is 13.4. The summed E-state index contributed by atoms with van der Waals surface area (Å²) in [5, 5.41) is 0. The Hall–Kier alpha value is -2.54. The minimum Gasteiger partial charge on any atom is -0.496 e. The van der Waals surface area contributed by atoms with Crippen LogP contribution in [0.15, 0.2) is 35.2 Å². The van der Waals surface area contributed by atoms with E-state index in [-0.39, 0.29) is 4.90 Å². The average Bonchev–Trinajstić information content (AvgIpc) is 2.59. The standard InChI is InChI=1S/C20H25NO5S/c1-13-9-15(3)20(16(4)10-13)21(12-19(22)26-6)27(23,24)17-7-8-18(25-5)14(2)11-17/h7-11H,12H2,1-6H3. The van der Waals surface area contributed by atoms with Crippen molar-refractivity contribution in [2.24, 2.45) is 0 Å². The monoisotopic (exact) mass is 391 g/mol. The molecule has 27 heavy (non-hydrogen) atoms. The zero-order valence-electron chi connectivity index (χ0n) is 16.5. The van der Waals surface area contributed by atoms with E-state index in [0.29, 0.717) is 17.0 Å². The number of anilines is 1. The van der Waals surface area contributed by atoms with Gasteiger partial charge < -0.3 is 9.47 Å². The van der Waals surface area contributed by atoms with Crippen molar-refractivity contribution in [2.75, 3.05) is 25.1 Å². The van der Waals surface area contributed by atoms with Crippen LogP contribution in [0.4, 0.5) is 5.69 Å². The molecule has 0 aliphatic carbocycles. The lowest BCUT2D eigenvalue weighted by atomic mass is 10.1. The lowest BCUT2D eigenvalue weighted by Gasteiger charge is -2.27. The molecule has 7 heteroatoms. The highest BCUT2D eigenvalue weighted by Gasteiger charge is 2.30. The molecule has 6 nitrogen and oxygen atoms in total. The predicted molar refractivity (Wildman–Crippen MR) is 105 cm³/mol. The molecule has 2 rings (SSSR count). The number of esters is 1. The van der Waals surface area contributed by atoms with E-state index in [2.05, 4.69) is 0 Å². The first kappa shape index (κ1) is 20.8. The molecule has 0 amide bonds. The van der Waals surface area contributed by atoms with Crippen molar-refractivity contribution in [1.29, 1.82) is 0 Å². The van der Waals surface area contributed by atoms with Gasteiger partial charge in [-0.05, 0) is 62.6 Å². The quantitative estimate of drug-likeness (QED) is 0.707. The summed E-state index contributed by atoms with van der Waals surface area (Å²) in [6, 6.07) is 8.40. The van der Waals surface area contributed by atoms with Crippen molar-refractivity contribution in [1.82, 2.24) is 0 Å². The number of benzene rings is 2. The zero-order valence-corrected chi connectivity index (χ0v) is 17.3. The molecule has 0 aliphatic rings. The number of hydrogen-bond donors (Lipinski definition) is 0. The first-order chi connectivity index (χ1) is 12.6. The number of sulfonamides is 1. The summed E-state index contributed by atoms with van der Waals surface area (Å²) in [6.45, 7) is 6.96. The van der Waals surface area contributed by atoms with Gasteiger partial charge in [0.05, 0.1) is 24.8 Å². The summed E-state index contributed by atoms with van der Waals surface area (Å²) in [7, 11) is -1.23. The molecule has 2 aromatic rings. The van der Waals surface area contributed by atoms with Crippen LogP contribution in [-0.2, 0) is 19.6 Å². The Labute approximate surface area is 160 Å². The largest absolute Gasteiger partial charge is 0.496 e. The van der Waals surface area contributed by atoms with Crippen LogP contribution < -0.4 is 9.04 Å². The van der Waals surface area contributed by atoms with Gasteiger partial charge in [-0.3, -0.25) is 9.10 Å². The maximum Gasteiger partial charge on any atom is 0.326 e. The van der Waals surface area contributed by atoms with E-state index in [1.807, 2.05) is 32.9 Å². The summed E-state index contributed by atoms with van der Waals surface area (Å²) in [5.74, 6) is -0.0423. The molecule has 0 aromatic heterocycles. The van der Waals surface area contributed by atoms with Gasteiger partial charge in [-0.25, -0.2) is 8.42 Å².